The smallest absolute Gasteiger partial charge is 0.124 e. The fourth-order valence-electron chi connectivity index (χ4n) is 1.39. The Balaban J connectivity index is 3.01. The van der Waals surface area contributed by atoms with E-state index in [9.17, 15) is 0 Å². The first-order valence-electron chi connectivity index (χ1n) is 5.16. The zero-order valence-corrected chi connectivity index (χ0v) is 9.86. The van der Waals surface area contributed by atoms with Crippen molar-refractivity contribution in [3.63, 3.8) is 0 Å². The zero-order chi connectivity index (χ0) is 12.0. The quantitative estimate of drug-likeness (QED) is 0.474. The second-order valence-corrected chi connectivity index (χ2v) is 3.35. The third-order valence-corrected chi connectivity index (χ3v) is 2.31. The van der Waals surface area contributed by atoms with Crippen LogP contribution in [0.2, 0.25) is 0 Å². The summed E-state index contributed by atoms with van der Waals surface area (Å²) in [7, 11) is 1.62. The molecule has 1 rings (SSSR count). The van der Waals surface area contributed by atoms with Gasteiger partial charge in [0.05, 0.1) is 19.4 Å². The van der Waals surface area contributed by atoms with Crippen LogP contribution >= 0.6 is 0 Å². The minimum Gasteiger partial charge on any atom is -0.496 e. The average molecular weight is 223 g/mol. The molecule has 1 aromatic rings. The predicted molar refractivity (Wildman–Crippen MR) is 62.3 cm³/mol. The van der Waals surface area contributed by atoms with Gasteiger partial charge in [-0.3, -0.25) is 0 Å². The Kier molecular flexibility index (Phi) is 4.79. The summed E-state index contributed by atoms with van der Waals surface area (Å²) in [6.07, 6.45) is 0. The molecule has 0 radical (unpaired) electrons. The highest BCUT2D eigenvalue weighted by atomic mass is 16.5. The SMILES string of the molecule is CCOCc1cc(C(C)=NO)ccc1OC. The fraction of sp³-hybridized carbons (Fsp3) is 0.417. The molecule has 1 aromatic carbocycles. The molecular weight excluding hydrogens is 206 g/mol. The number of hydrogen-bond donors (Lipinski definition) is 1. The molecule has 4 nitrogen and oxygen atoms in total. The first-order chi connectivity index (χ1) is 7.72. The lowest BCUT2D eigenvalue weighted by Gasteiger charge is -2.10. The minimum atomic E-state index is 0.492. The molecule has 0 unspecified atom stereocenters. The van der Waals surface area contributed by atoms with E-state index in [0.717, 1.165) is 16.9 Å². The van der Waals surface area contributed by atoms with Crippen LogP contribution in [0.5, 0.6) is 5.75 Å². The Morgan fingerprint density at radius 2 is 2.19 bits per heavy atom. The number of rotatable bonds is 5. The van der Waals surface area contributed by atoms with Gasteiger partial charge in [0.15, 0.2) is 0 Å². The van der Waals surface area contributed by atoms with Crippen molar-refractivity contribution in [2.45, 2.75) is 20.5 Å². The molecule has 0 aliphatic heterocycles. The second kappa shape index (κ2) is 6.12. The van der Waals surface area contributed by atoms with Crippen molar-refractivity contribution in [1.82, 2.24) is 0 Å². The van der Waals surface area contributed by atoms with Crippen LogP contribution in [0.1, 0.15) is 25.0 Å². The number of methoxy groups -OCH3 is 1. The number of oxime groups is 1. The van der Waals surface area contributed by atoms with Crippen LogP contribution in [-0.4, -0.2) is 24.6 Å². The molecule has 1 N–H and O–H groups in total. The highest BCUT2D eigenvalue weighted by Gasteiger charge is 2.06. The van der Waals surface area contributed by atoms with Crippen molar-refractivity contribution in [1.29, 1.82) is 0 Å². The van der Waals surface area contributed by atoms with Gasteiger partial charge in [-0.25, -0.2) is 0 Å². The van der Waals surface area contributed by atoms with Crippen molar-refractivity contribution in [3.05, 3.63) is 29.3 Å². The number of benzene rings is 1. The van der Waals surface area contributed by atoms with Gasteiger partial charge in [-0.05, 0) is 37.6 Å². The highest BCUT2D eigenvalue weighted by molar-refractivity contribution is 5.98. The van der Waals surface area contributed by atoms with Gasteiger partial charge in [-0.15, -0.1) is 0 Å². The van der Waals surface area contributed by atoms with E-state index >= 15 is 0 Å². The Hall–Kier alpha value is -1.55. The first-order valence-corrected chi connectivity index (χ1v) is 5.16. The molecule has 0 saturated carbocycles. The highest BCUT2D eigenvalue weighted by Crippen LogP contribution is 2.21. The molecule has 0 atom stereocenters. The van der Waals surface area contributed by atoms with Crippen LogP contribution < -0.4 is 4.74 Å². The summed E-state index contributed by atoms with van der Waals surface area (Å²) in [5.74, 6) is 0.780. The van der Waals surface area contributed by atoms with Crippen LogP contribution in [-0.2, 0) is 11.3 Å². The van der Waals surface area contributed by atoms with Gasteiger partial charge in [0.1, 0.15) is 5.75 Å². The molecule has 0 aromatic heterocycles. The normalized spacial score (nSPS) is 11.6. The van der Waals surface area contributed by atoms with Crippen molar-refractivity contribution < 1.29 is 14.7 Å². The van der Waals surface area contributed by atoms with Gasteiger partial charge in [0.2, 0.25) is 0 Å². The van der Waals surface area contributed by atoms with E-state index in [-0.39, 0.29) is 0 Å². The number of nitrogens with zero attached hydrogens (tertiary/aromatic N) is 1. The summed E-state index contributed by atoms with van der Waals surface area (Å²) in [4.78, 5) is 0. The van der Waals surface area contributed by atoms with Crippen molar-refractivity contribution in [2.75, 3.05) is 13.7 Å². The van der Waals surface area contributed by atoms with Crippen LogP contribution in [0.25, 0.3) is 0 Å². The molecule has 16 heavy (non-hydrogen) atoms. The molecule has 4 heteroatoms. The molecule has 0 bridgehead atoms. The van der Waals surface area contributed by atoms with E-state index in [0.29, 0.717) is 18.9 Å². The lowest BCUT2D eigenvalue weighted by molar-refractivity contribution is 0.132. The van der Waals surface area contributed by atoms with Gasteiger partial charge >= 0.3 is 0 Å². The Labute approximate surface area is 95.5 Å². The van der Waals surface area contributed by atoms with E-state index in [1.165, 1.54) is 0 Å². The topological polar surface area (TPSA) is 51.0 Å². The van der Waals surface area contributed by atoms with Crippen LogP contribution in [0.3, 0.4) is 0 Å². The monoisotopic (exact) mass is 223 g/mol. The third kappa shape index (κ3) is 2.97. The summed E-state index contributed by atoms with van der Waals surface area (Å²) >= 11 is 0. The van der Waals surface area contributed by atoms with Crippen molar-refractivity contribution in [3.8, 4) is 5.75 Å². The predicted octanol–water partition coefficient (Wildman–Crippen LogP) is 2.43. The Bertz CT molecular complexity index is 375. The first kappa shape index (κ1) is 12.5. The molecular formula is C12H17NO3. The van der Waals surface area contributed by atoms with E-state index in [2.05, 4.69) is 5.16 Å². The summed E-state index contributed by atoms with van der Waals surface area (Å²) in [6.45, 7) is 4.83. The summed E-state index contributed by atoms with van der Waals surface area (Å²) in [5, 5.41) is 11.9. The number of hydrogen-bond acceptors (Lipinski definition) is 4. The van der Waals surface area contributed by atoms with Gasteiger partial charge < -0.3 is 14.7 Å². The average Bonchev–Trinajstić information content (AvgIpc) is 2.34. The van der Waals surface area contributed by atoms with E-state index in [1.54, 1.807) is 14.0 Å². The Morgan fingerprint density at radius 3 is 2.75 bits per heavy atom. The van der Waals surface area contributed by atoms with Gasteiger partial charge in [0.25, 0.3) is 0 Å². The molecule has 0 amide bonds. The summed E-state index contributed by atoms with van der Waals surface area (Å²) in [6, 6.07) is 5.60. The van der Waals surface area contributed by atoms with E-state index in [1.807, 2.05) is 25.1 Å². The molecule has 0 spiro atoms. The maximum atomic E-state index is 8.71. The fourth-order valence-corrected chi connectivity index (χ4v) is 1.39. The van der Waals surface area contributed by atoms with E-state index in [4.69, 9.17) is 14.7 Å². The lowest BCUT2D eigenvalue weighted by Crippen LogP contribution is -2.00. The molecule has 0 fully saturated rings. The molecule has 88 valence electrons. The van der Waals surface area contributed by atoms with Gasteiger partial charge in [-0.2, -0.15) is 0 Å². The summed E-state index contributed by atoms with van der Waals surface area (Å²) in [5.41, 5.74) is 2.38. The molecule has 0 saturated heterocycles. The van der Waals surface area contributed by atoms with Crippen molar-refractivity contribution in [2.24, 2.45) is 5.16 Å². The van der Waals surface area contributed by atoms with Crippen molar-refractivity contribution >= 4 is 5.71 Å². The lowest BCUT2D eigenvalue weighted by atomic mass is 10.1. The van der Waals surface area contributed by atoms with Crippen LogP contribution in [0.4, 0.5) is 0 Å². The number of ether oxygens (including phenoxy) is 2. The standard InChI is InChI=1S/C12H17NO3/c1-4-16-8-11-7-10(9(2)13-14)5-6-12(11)15-3/h5-7,14H,4,8H2,1-3H3. The van der Waals surface area contributed by atoms with E-state index < -0.39 is 0 Å². The molecule has 0 aliphatic rings. The zero-order valence-electron chi connectivity index (χ0n) is 9.86. The largest absolute Gasteiger partial charge is 0.496 e. The van der Waals surface area contributed by atoms with Gasteiger partial charge in [0, 0.05) is 12.2 Å². The van der Waals surface area contributed by atoms with Gasteiger partial charge in [-0.1, -0.05) is 5.16 Å². The third-order valence-electron chi connectivity index (χ3n) is 2.31. The van der Waals surface area contributed by atoms with Crippen LogP contribution in [0, 0.1) is 0 Å². The summed E-state index contributed by atoms with van der Waals surface area (Å²) < 4.78 is 10.6. The molecule has 0 aliphatic carbocycles. The minimum absolute atomic E-state index is 0.492. The molecule has 0 heterocycles. The second-order valence-electron chi connectivity index (χ2n) is 3.35. The van der Waals surface area contributed by atoms with Crippen LogP contribution in [0.15, 0.2) is 23.4 Å². The maximum absolute atomic E-state index is 8.71. The Morgan fingerprint density at radius 1 is 1.44 bits per heavy atom. The maximum Gasteiger partial charge on any atom is 0.124 e.